The van der Waals surface area contributed by atoms with Gasteiger partial charge in [0.2, 0.25) is 0 Å². The fourth-order valence-electron chi connectivity index (χ4n) is 5.94. The smallest absolute Gasteiger partial charge is 0.0175 e. The second-order valence-electron chi connectivity index (χ2n) is 9.93. The highest BCUT2D eigenvalue weighted by Crippen LogP contribution is 2.62. The van der Waals surface area contributed by atoms with Crippen LogP contribution in [0.5, 0.6) is 0 Å². The van der Waals surface area contributed by atoms with Crippen LogP contribution in [-0.4, -0.2) is 0 Å². The summed E-state index contributed by atoms with van der Waals surface area (Å²) in [4.78, 5) is 0. The minimum absolute atomic E-state index is 0.787. The number of hydrogen-bond acceptors (Lipinski definition) is 0. The number of fused-ring (bicyclic) bond motifs is 1. The zero-order valence-corrected chi connectivity index (χ0v) is 16.2. The molecule has 23 heavy (non-hydrogen) atoms. The van der Waals surface area contributed by atoms with E-state index in [1.54, 1.807) is 18.4 Å². The molecule has 7 atom stereocenters. The molecule has 7 unspecified atom stereocenters. The Balaban J connectivity index is 1.46. The summed E-state index contributed by atoms with van der Waals surface area (Å²) in [6.45, 7) is 14.2. The number of hydrogen-bond donors (Lipinski definition) is 0. The summed E-state index contributed by atoms with van der Waals surface area (Å²) in [6, 6.07) is 0. The molecule has 0 N–H and O–H groups in total. The summed E-state index contributed by atoms with van der Waals surface area (Å²) >= 11 is 0. The monoisotopic (exact) mass is 316 g/mol. The Labute approximate surface area is 145 Å². The van der Waals surface area contributed by atoms with Crippen molar-refractivity contribution in [2.75, 3.05) is 0 Å². The van der Waals surface area contributed by atoms with Gasteiger partial charge in [0.05, 0.1) is 0 Å². The van der Waals surface area contributed by atoms with Gasteiger partial charge >= 0.3 is 0 Å². The van der Waals surface area contributed by atoms with Crippen LogP contribution in [0, 0.1) is 40.9 Å². The summed E-state index contributed by atoms with van der Waals surface area (Å²) in [7, 11) is 0. The molecule has 3 fully saturated rings. The van der Waals surface area contributed by atoms with Gasteiger partial charge in [-0.1, -0.05) is 52.7 Å². The third kappa shape index (κ3) is 3.88. The molecule has 3 saturated carbocycles. The molecule has 0 aromatic carbocycles. The van der Waals surface area contributed by atoms with Gasteiger partial charge in [-0.25, -0.2) is 0 Å². The Kier molecular flexibility index (Phi) is 5.29. The van der Waals surface area contributed by atoms with E-state index in [0.717, 1.165) is 40.9 Å². The first-order valence-electron chi connectivity index (χ1n) is 10.6. The molecule has 0 heteroatoms. The van der Waals surface area contributed by atoms with Crippen LogP contribution < -0.4 is 0 Å². The van der Waals surface area contributed by atoms with Crippen LogP contribution >= 0.6 is 0 Å². The molecule has 132 valence electrons. The Morgan fingerprint density at radius 1 is 1.09 bits per heavy atom. The molecule has 0 spiro atoms. The largest absolute Gasteiger partial charge is 0.0996 e. The average molecular weight is 317 g/mol. The molecule has 3 aliphatic rings. The van der Waals surface area contributed by atoms with E-state index in [4.69, 9.17) is 0 Å². The van der Waals surface area contributed by atoms with Crippen LogP contribution in [0.3, 0.4) is 0 Å². The van der Waals surface area contributed by atoms with Crippen molar-refractivity contribution in [3.8, 4) is 0 Å². The summed E-state index contributed by atoms with van der Waals surface area (Å²) < 4.78 is 0. The van der Waals surface area contributed by atoms with Crippen LogP contribution in [0.2, 0.25) is 0 Å². The van der Waals surface area contributed by atoms with Gasteiger partial charge in [-0.2, -0.15) is 0 Å². The minimum atomic E-state index is 0.787. The normalized spacial score (nSPS) is 46.3. The maximum absolute atomic E-state index is 4.43. The van der Waals surface area contributed by atoms with Crippen molar-refractivity contribution in [2.45, 2.75) is 91.9 Å². The van der Waals surface area contributed by atoms with E-state index in [0.29, 0.717) is 0 Å². The van der Waals surface area contributed by atoms with Crippen molar-refractivity contribution >= 4 is 0 Å². The van der Waals surface area contributed by atoms with Gasteiger partial charge in [0.25, 0.3) is 0 Å². The van der Waals surface area contributed by atoms with Gasteiger partial charge in [-0.05, 0) is 92.3 Å². The Morgan fingerprint density at radius 2 is 1.83 bits per heavy atom. The first kappa shape index (κ1) is 17.6. The summed E-state index contributed by atoms with van der Waals surface area (Å²) in [5.74, 6) is 5.73. The molecule has 0 heterocycles. The zero-order valence-electron chi connectivity index (χ0n) is 16.2. The van der Waals surface area contributed by atoms with E-state index in [2.05, 4.69) is 34.3 Å². The standard InChI is InChI=1S/C23H40/c1-6-16(2)22-13-18(4)17(3)12-20(22)9-7-8-19-10-11-23(5)15-21(23)14-19/h17-22H,2,6-15H2,1,3-5H3. The average Bonchev–Trinajstić information content (AvgIpc) is 3.20. The van der Waals surface area contributed by atoms with Crippen LogP contribution in [0.25, 0.3) is 0 Å². The van der Waals surface area contributed by atoms with E-state index in [-0.39, 0.29) is 0 Å². The molecular weight excluding hydrogens is 276 g/mol. The Morgan fingerprint density at radius 3 is 2.52 bits per heavy atom. The van der Waals surface area contributed by atoms with E-state index < -0.39 is 0 Å². The van der Waals surface area contributed by atoms with Crippen molar-refractivity contribution in [3.05, 3.63) is 12.2 Å². The molecule has 0 nitrogen and oxygen atoms in total. The highest BCUT2D eigenvalue weighted by atomic mass is 14.6. The fraction of sp³-hybridized carbons (Fsp3) is 0.913. The van der Waals surface area contributed by atoms with Gasteiger partial charge in [0.1, 0.15) is 0 Å². The maximum atomic E-state index is 4.43. The fourth-order valence-corrected chi connectivity index (χ4v) is 5.94. The topological polar surface area (TPSA) is 0 Å². The van der Waals surface area contributed by atoms with E-state index in [9.17, 15) is 0 Å². The maximum Gasteiger partial charge on any atom is -0.0175 e. The molecule has 0 radical (unpaired) electrons. The highest BCUT2D eigenvalue weighted by Gasteiger charge is 2.52. The van der Waals surface area contributed by atoms with E-state index in [1.807, 2.05) is 0 Å². The molecule has 3 aliphatic carbocycles. The highest BCUT2D eigenvalue weighted by molar-refractivity contribution is 5.05. The van der Waals surface area contributed by atoms with Crippen LogP contribution in [0.1, 0.15) is 91.9 Å². The molecule has 0 aromatic rings. The molecule has 0 aromatic heterocycles. The van der Waals surface area contributed by atoms with Gasteiger partial charge in [0, 0.05) is 0 Å². The molecule has 0 aliphatic heterocycles. The zero-order chi connectivity index (χ0) is 16.6. The minimum Gasteiger partial charge on any atom is -0.0996 e. The lowest BCUT2D eigenvalue weighted by atomic mass is 9.65. The molecule has 0 saturated heterocycles. The van der Waals surface area contributed by atoms with Crippen molar-refractivity contribution in [1.82, 2.24) is 0 Å². The van der Waals surface area contributed by atoms with Gasteiger partial charge in [-0.15, -0.1) is 0 Å². The van der Waals surface area contributed by atoms with Crippen LogP contribution in [0.15, 0.2) is 12.2 Å². The lowest BCUT2D eigenvalue weighted by Crippen LogP contribution is -2.30. The first-order chi connectivity index (χ1) is 10.9. The second kappa shape index (κ2) is 6.93. The van der Waals surface area contributed by atoms with Crippen molar-refractivity contribution in [3.63, 3.8) is 0 Å². The van der Waals surface area contributed by atoms with E-state index >= 15 is 0 Å². The quantitative estimate of drug-likeness (QED) is 0.453. The number of allylic oxidation sites excluding steroid dienone is 1. The third-order valence-corrected chi connectivity index (χ3v) is 8.29. The van der Waals surface area contributed by atoms with E-state index in [1.165, 1.54) is 51.4 Å². The number of rotatable bonds is 6. The first-order valence-corrected chi connectivity index (χ1v) is 10.6. The van der Waals surface area contributed by atoms with Crippen LogP contribution in [0.4, 0.5) is 0 Å². The lowest BCUT2D eigenvalue weighted by molar-refractivity contribution is 0.140. The predicted molar refractivity (Wildman–Crippen MR) is 101 cm³/mol. The third-order valence-electron chi connectivity index (χ3n) is 8.29. The van der Waals surface area contributed by atoms with Crippen LogP contribution in [-0.2, 0) is 0 Å². The van der Waals surface area contributed by atoms with Crippen molar-refractivity contribution < 1.29 is 0 Å². The molecular formula is C23H40. The molecule has 0 amide bonds. The summed E-state index contributed by atoms with van der Waals surface area (Å²) in [5, 5.41) is 0. The van der Waals surface area contributed by atoms with Gasteiger partial charge in [0.15, 0.2) is 0 Å². The molecule has 0 bridgehead atoms. The predicted octanol–water partition coefficient (Wildman–Crippen LogP) is 7.25. The summed E-state index contributed by atoms with van der Waals surface area (Å²) in [6.07, 6.45) is 14.7. The Bertz CT molecular complexity index is 422. The van der Waals surface area contributed by atoms with Gasteiger partial charge in [-0.3, -0.25) is 0 Å². The Hall–Kier alpha value is -0.260. The SMILES string of the molecule is C=C(CC)C1CC(C)C(C)CC1CCCC1CCC2(C)CC2C1. The van der Waals surface area contributed by atoms with Gasteiger partial charge < -0.3 is 0 Å². The summed E-state index contributed by atoms with van der Waals surface area (Å²) in [5.41, 5.74) is 2.33. The lowest BCUT2D eigenvalue weighted by Gasteiger charge is -2.40. The van der Waals surface area contributed by atoms with Crippen molar-refractivity contribution in [2.24, 2.45) is 40.9 Å². The van der Waals surface area contributed by atoms with Crippen molar-refractivity contribution in [1.29, 1.82) is 0 Å². The molecule has 3 rings (SSSR count). The second-order valence-corrected chi connectivity index (χ2v) is 9.93.